The van der Waals surface area contributed by atoms with Crippen LogP contribution in [0.25, 0.3) is 0 Å². The van der Waals surface area contributed by atoms with Gasteiger partial charge in [0.15, 0.2) is 5.82 Å². The predicted octanol–water partition coefficient (Wildman–Crippen LogP) is 0.925. The van der Waals surface area contributed by atoms with E-state index in [9.17, 15) is 0 Å². The summed E-state index contributed by atoms with van der Waals surface area (Å²) in [6, 6.07) is 9.74. The van der Waals surface area contributed by atoms with Crippen LogP contribution in [-0.2, 0) is 0 Å². The highest BCUT2D eigenvalue weighted by atomic mass is 16.4. The van der Waals surface area contributed by atoms with Crippen LogP contribution in [0.5, 0.6) is 0 Å². The van der Waals surface area contributed by atoms with E-state index in [2.05, 4.69) is 15.5 Å². The maximum Gasteiger partial charge on any atom is 0.451 e. The Hall–Kier alpha value is -1.77. The van der Waals surface area contributed by atoms with Crippen molar-refractivity contribution >= 4 is 7.12 Å². The van der Waals surface area contributed by atoms with Crippen LogP contribution in [0.2, 0.25) is 6.32 Å². The van der Waals surface area contributed by atoms with Crippen LogP contribution in [0, 0.1) is 0 Å². The second-order valence-electron chi connectivity index (χ2n) is 5.44. The van der Waals surface area contributed by atoms with Crippen molar-refractivity contribution in [1.29, 1.82) is 0 Å². The van der Waals surface area contributed by atoms with E-state index in [0.29, 0.717) is 25.0 Å². The third kappa shape index (κ3) is 4.36. The Labute approximate surface area is 130 Å². The Morgan fingerprint density at radius 1 is 1.23 bits per heavy atom. The number of hydrogen-bond acceptors (Lipinski definition) is 6. The molecule has 0 bridgehead atoms. The minimum atomic E-state index is -1.25. The molecule has 118 valence electrons. The second kappa shape index (κ2) is 8.02. The van der Waals surface area contributed by atoms with E-state index in [1.807, 2.05) is 37.3 Å². The van der Waals surface area contributed by atoms with Gasteiger partial charge >= 0.3 is 7.12 Å². The van der Waals surface area contributed by atoms with Gasteiger partial charge in [-0.2, -0.15) is 0 Å². The summed E-state index contributed by atoms with van der Waals surface area (Å²) >= 11 is 0. The van der Waals surface area contributed by atoms with Crippen LogP contribution >= 0.6 is 0 Å². The fourth-order valence-corrected chi connectivity index (χ4v) is 2.41. The van der Waals surface area contributed by atoms with Crippen molar-refractivity contribution in [2.45, 2.75) is 44.6 Å². The number of nitrogens with two attached hydrogens (primary N) is 1. The van der Waals surface area contributed by atoms with Gasteiger partial charge < -0.3 is 15.8 Å². The molecule has 1 heterocycles. The zero-order valence-electron chi connectivity index (χ0n) is 12.7. The van der Waals surface area contributed by atoms with Crippen LogP contribution in [0.1, 0.15) is 49.7 Å². The SMILES string of the molecule is C[C@@H](c1ccccc1)n1nnnc1C(N)CCCCB(O)O. The number of unbranched alkanes of at least 4 members (excludes halogenated alkanes) is 1. The first-order chi connectivity index (χ1) is 10.6. The van der Waals surface area contributed by atoms with Gasteiger partial charge in [-0.05, 0) is 35.7 Å². The second-order valence-corrected chi connectivity index (χ2v) is 5.44. The number of rotatable bonds is 8. The lowest BCUT2D eigenvalue weighted by molar-refractivity contribution is 0.400. The summed E-state index contributed by atoms with van der Waals surface area (Å²) in [6.45, 7) is 2.03. The van der Waals surface area contributed by atoms with Crippen LogP contribution in [-0.4, -0.2) is 37.4 Å². The number of benzene rings is 1. The summed E-state index contributed by atoms with van der Waals surface area (Å²) in [7, 11) is -1.25. The monoisotopic (exact) mass is 303 g/mol. The van der Waals surface area contributed by atoms with Gasteiger partial charge in [-0.1, -0.05) is 43.2 Å². The number of tetrazole rings is 1. The van der Waals surface area contributed by atoms with Crippen molar-refractivity contribution in [3.05, 3.63) is 41.7 Å². The van der Waals surface area contributed by atoms with Gasteiger partial charge in [0, 0.05) is 0 Å². The Bertz CT molecular complexity index is 563. The molecule has 8 heteroatoms. The first-order valence-electron chi connectivity index (χ1n) is 7.54. The first kappa shape index (κ1) is 16.6. The highest BCUT2D eigenvalue weighted by Gasteiger charge is 2.19. The molecule has 0 aliphatic carbocycles. The molecule has 0 saturated heterocycles. The van der Waals surface area contributed by atoms with Gasteiger partial charge in [-0.3, -0.25) is 0 Å². The minimum Gasteiger partial charge on any atom is -0.427 e. The first-order valence-corrected chi connectivity index (χ1v) is 7.54. The predicted molar refractivity (Wildman–Crippen MR) is 83.9 cm³/mol. The summed E-state index contributed by atoms with van der Waals surface area (Å²) in [5.41, 5.74) is 7.30. The highest BCUT2D eigenvalue weighted by molar-refractivity contribution is 6.40. The van der Waals surface area contributed by atoms with E-state index in [-0.39, 0.29) is 12.1 Å². The Kier molecular flexibility index (Phi) is 6.05. The normalized spacial score (nSPS) is 13.8. The van der Waals surface area contributed by atoms with Gasteiger partial charge in [0.25, 0.3) is 0 Å². The molecule has 0 aliphatic rings. The molecule has 2 rings (SSSR count). The lowest BCUT2D eigenvalue weighted by Gasteiger charge is -2.17. The zero-order valence-corrected chi connectivity index (χ0v) is 12.7. The molecule has 1 aromatic heterocycles. The summed E-state index contributed by atoms with van der Waals surface area (Å²) < 4.78 is 1.75. The van der Waals surface area contributed by atoms with Gasteiger partial charge in [0.05, 0.1) is 12.1 Å². The van der Waals surface area contributed by atoms with Crippen LogP contribution in [0.15, 0.2) is 30.3 Å². The van der Waals surface area contributed by atoms with Crippen LogP contribution < -0.4 is 5.73 Å². The molecule has 0 fully saturated rings. The highest BCUT2D eigenvalue weighted by Crippen LogP contribution is 2.22. The average Bonchev–Trinajstić information content (AvgIpc) is 3.01. The van der Waals surface area contributed by atoms with Crippen molar-refractivity contribution in [3.63, 3.8) is 0 Å². The molecule has 1 aromatic carbocycles. The number of nitrogens with zero attached hydrogens (tertiary/aromatic N) is 4. The Morgan fingerprint density at radius 3 is 2.64 bits per heavy atom. The lowest BCUT2D eigenvalue weighted by atomic mass is 9.83. The maximum absolute atomic E-state index is 8.83. The molecule has 7 nitrogen and oxygen atoms in total. The third-order valence-electron chi connectivity index (χ3n) is 3.73. The molecular formula is C14H22BN5O2. The van der Waals surface area contributed by atoms with E-state index in [1.54, 1.807) is 4.68 Å². The van der Waals surface area contributed by atoms with Gasteiger partial charge in [0.2, 0.25) is 0 Å². The van der Waals surface area contributed by atoms with E-state index in [0.717, 1.165) is 12.0 Å². The maximum atomic E-state index is 8.83. The van der Waals surface area contributed by atoms with E-state index in [4.69, 9.17) is 15.8 Å². The summed E-state index contributed by atoms with van der Waals surface area (Å²) in [5, 5.41) is 29.5. The van der Waals surface area contributed by atoms with E-state index >= 15 is 0 Å². The molecular weight excluding hydrogens is 281 g/mol. The number of hydrogen-bond donors (Lipinski definition) is 3. The van der Waals surface area contributed by atoms with Crippen molar-refractivity contribution in [1.82, 2.24) is 20.2 Å². The minimum absolute atomic E-state index is 0.0107. The average molecular weight is 303 g/mol. The zero-order chi connectivity index (χ0) is 15.9. The molecule has 1 unspecified atom stereocenters. The molecule has 4 N–H and O–H groups in total. The topological polar surface area (TPSA) is 110 Å². The van der Waals surface area contributed by atoms with Gasteiger partial charge in [-0.25, -0.2) is 4.68 Å². The number of aromatic nitrogens is 4. The Morgan fingerprint density at radius 2 is 1.95 bits per heavy atom. The molecule has 22 heavy (non-hydrogen) atoms. The smallest absolute Gasteiger partial charge is 0.427 e. The quantitative estimate of drug-likeness (QED) is 0.494. The lowest BCUT2D eigenvalue weighted by Crippen LogP contribution is -2.20. The molecule has 0 aliphatic heterocycles. The summed E-state index contributed by atoms with van der Waals surface area (Å²) in [6.07, 6.45) is 2.57. The van der Waals surface area contributed by atoms with Crippen molar-refractivity contribution < 1.29 is 10.0 Å². The van der Waals surface area contributed by atoms with Crippen molar-refractivity contribution in [3.8, 4) is 0 Å². The van der Waals surface area contributed by atoms with Crippen molar-refractivity contribution in [2.75, 3.05) is 0 Å². The van der Waals surface area contributed by atoms with Gasteiger partial charge in [-0.15, -0.1) is 5.10 Å². The van der Waals surface area contributed by atoms with E-state index < -0.39 is 7.12 Å². The molecule has 0 saturated carbocycles. The standard InChI is InChI=1S/C14H22BN5O2/c1-11(12-7-3-2-4-8-12)20-14(17-18-19-20)13(16)9-5-6-10-15(21)22/h2-4,7-8,11,13,21-22H,5-6,9-10,16H2,1H3/t11-,13?/m0/s1. The van der Waals surface area contributed by atoms with E-state index in [1.165, 1.54) is 0 Å². The van der Waals surface area contributed by atoms with Gasteiger partial charge in [0.1, 0.15) is 0 Å². The molecule has 0 radical (unpaired) electrons. The third-order valence-corrected chi connectivity index (χ3v) is 3.73. The largest absolute Gasteiger partial charge is 0.451 e. The summed E-state index contributed by atoms with van der Waals surface area (Å²) in [4.78, 5) is 0. The molecule has 2 aromatic rings. The molecule has 0 amide bonds. The summed E-state index contributed by atoms with van der Waals surface area (Å²) in [5.74, 6) is 0.654. The fraction of sp³-hybridized carbons (Fsp3) is 0.500. The Balaban J connectivity index is 1.99. The molecule has 2 atom stereocenters. The fourth-order valence-electron chi connectivity index (χ4n) is 2.41. The van der Waals surface area contributed by atoms with Crippen LogP contribution in [0.3, 0.4) is 0 Å². The van der Waals surface area contributed by atoms with Crippen LogP contribution in [0.4, 0.5) is 0 Å². The molecule has 0 spiro atoms. The van der Waals surface area contributed by atoms with Crippen molar-refractivity contribution in [2.24, 2.45) is 5.73 Å².